The second-order valence-corrected chi connectivity index (χ2v) is 8.37. The molecule has 1 fully saturated rings. The van der Waals surface area contributed by atoms with E-state index in [4.69, 9.17) is 16.3 Å². The predicted molar refractivity (Wildman–Crippen MR) is 122 cm³/mol. The van der Waals surface area contributed by atoms with E-state index in [0.29, 0.717) is 23.1 Å². The van der Waals surface area contributed by atoms with Gasteiger partial charge in [-0.05, 0) is 48.0 Å². The number of nitrogens with one attached hydrogen (secondary N) is 1. The summed E-state index contributed by atoms with van der Waals surface area (Å²) < 4.78 is 5.17. The third-order valence-corrected chi connectivity index (χ3v) is 6.08. The number of aromatic nitrogens is 2. The van der Waals surface area contributed by atoms with E-state index in [-0.39, 0.29) is 17.7 Å². The van der Waals surface area contributed by atoms with Crippen molar-refractivity contribution < 1.29 is 14.3 Å². The quantitative estimate of drug-likeness (QED) is 0.559. The van der Waals surface area contributed by atoms with Gasteiger partial charge in [0.1, 0.15) is 10.8 Å². The zero-order chi connectivity index (χ0) is 21.8. The molecule has 2 heterocycles. The number of ether oxygens (including phenoxy) is 1. The highest BCUT2D eigenvalue weighted by Gasteiger charge is 2.34. The first kappa shape index (κ1) is 21.0. The van der Waals surface area contributed by atoms with E-state index in [9.17, 15) is 9.59 Å². The van der Waals surface area contributed by atoms with Gasteiger partial charge in [-0.1, -0.05) is 35.1 Å². The van der Waals surface area contributed by atoms with Crippen LogP contribution in [0.3, 0.4) is 0 Å². The third-order valence-electron chi connectivity index (χ3n) is 4.83. The summed E-state index contributed by atoms with van der Waals surface area (Å²) >= 11 is 7.14. The second kappa shape index (κ2) is 9.28. The molecule has 31 heavy (non-hydrogen) atoms. The Morgan fingerprint density at radius 3 is 2.65 bits per heavy atom. The lowest BCUT2D eigenvalue weighted by atomic mass is 10.1. The Balaban J connectivity index is 1.37. The van der Waals surface area contributed by atoms with E-state index in [1.807, 2.05) is 36.4 Å². The maximum Gasteiger partial charge on any atom is 0.250 e. The minimum absolute atomic E-state index is 0.0295. The van der Waals surface area contributed by atoms with Crippen LogP contribution in [0, 0.1) is 0 Å². The number of carbonyl (C=O) groups is 2. The van der Waals surface area contributed by atoms with Gasteiger partial charge in [-0.25, -0.2) is 0 Å². The molecule has 4 rings (SSSR count). The molecular formula is C22H19ClN4O3S. The van der Waals surface area contributed by atoms with Crippen LogP contribution in [-0.4, -0.2) is 35.7 Å². The van der Waals surface area contributed by atoms with Crippen LogP contribution in [0.4, 0.5) is 10.8 Å². The van der Waals surface area contributed by atoms with Crippen LogP contribution in [0.15, 0.2) is 54.6 Å². The molecule has 1 saturated heterocycles. The van der Waals surface area contributed by atoms with Crippen molar-refractivity contribution in [2.75, 3.05) is 23.9 Å². The minimum Gasteiger partial charge on any atom is -0.497 e. The summed E-state index contributed by atoms with van der Waals surface area (Å²) in [5, 5.41) is 12.7. The first-order valence-electron chi connectivity index (χ1n) is 9.54. The highest BCUT2D eigenvalue weighted by atomic mass is 35.5. The maximum atomic E-state index is 12.5. The smallest absolute Gasteiger partial charge is 0.250 e. The van der Waals surface area contributed by atoms with Gasteiger partial charge in [0, 0.05) is 35.7 Å². The number of methoxy groups -OCH3 is 1. The van der Waals surface area contributed by atoms with E-state index < -0.39 is 0 Å². The van der Waals surface area contributed by atoms with E-state index in [2.05, 4.69) is 15.5 Å². The van der Waals surface area contributed by atoms with Crippen LogP contribution >= 0.6 is 22.9 Å². The molecule has 9 heteroatoms. The lowest BCUT2D eigenvalue weighted by Crippen LogP contribution is -2.24. The molecule has 158 valence electrons. The lowest BCUT2D eigenvalue weighted by molar-refractivity contribution is -0.117. The Kier molecular flexibility index (Phi) is 6.29. The van der Waals surface area contributed by atoms with Gasteiger partial charge in [0.2, 0.25) is 16.9 Å². The second-order valence-electron chi connectivity index (χ2n) is 6.92. The number of hydrogen-bond acceptors (Lipinski definition) is 6. The van der Waals surface area contributed by atoms with Gasteiger partial charge in [-0.2, -0.15) is 0 Å². The summed E-state index contributed by atoms with van der Waals surface area (Å²) in [7, 11) is 1.60. The number of nitrogens with zero attached hydrogens (tertiary/aromatic N) is 3. The van der Waals surface area contributed by atoms with Crippen LogP contribution in [0.2, 0.25) is 5.02 Å². The van der Waals surface area contributed by atoms with Gasteiger partial charge in [-0.3, -0.25) is 14.9 Å². The van der Waals surface area contributed by atoms with Crippen molar-refractivity contribution in [3.63, 3.8) is 0 Å². The van der Waals surface area contributed by atoms with Crippen molar-refractivity contribution >= 4 is 51.6 Å². The molecule has 2 amide bonds. The Bertz CT molecular complexity index is 1110. The van der Waals surface area contributed by atoms with Crippen molar-refractivity contribution in [3.8, 4) is 5.75 Å². The predicted octanol–water partition coefficient (Wildman–Crippen LogP) is 4.37. The third kappa shape index (κ3) is 5.10. The van der Waals surface area contributed by atoms with Crippen LogP contribution < -0.4 is 15.0 Å². The fraction of sp³-hybridized carbons (Fsp3) is 0.182. The van der Waals surface area contributed by atoms with Crippen LogP contribution in [0.5, 0.6) is 5.75 Å². The Labute approximate surface area is 188 Å². The Hall–Kier alpha value is -3.23. The molecule has 1 aliphatic heterocycles. The van der Waals surface area contributed by atoms with Crippen LogP contribution in [0.25, 0.3) is 6.08 Å². The number of anilines is 2. The number of hydrogen-bond donors (Lipinski definition) is 1. The number of carbonyl (C=O) groups excluding carboxylic acids is 2. The van der Waals surface area contributed by atoms with Gasteiger partial charge < -0.3 is 9.64 Å². The van der Waals surface area contributed by atoms with Crippen molar-refractivity contribution in [1.29, 1.82) is 0 Å². The van der Waals surface area contributed by atoms with Crippen molar-refractivity contribution in [3.05, 3.63) is 70.2 Å². The fourth-order valence-corrected chi connectivity index (χ4v) is 4.19. The normalized spacial score (nSPS) is 16.1. The van der Waals surface area contributed by atoms with Crippen LogP contribution in [0.1, 0.15) is 22.9 Å². The molecule has 1 aromatic heterocycles. The summed E-state index contributed by atoms with van der Waals surface area (Å²) in [5.74, 6) is 0.394. The molecule has 2 aromatic carbocycles. The Morgan fingerprint density at radius 1 is 1.19 bits per heavy atom. The number of benzene rings is 2. The summed E-state index contributed by atoms with van der Waals surface area (Å²) in [4.78, 5) is 26.4. The first-order chi connectivity index (χ1) is 15.0. The number of amides is 2. The monoisotopic (exact) mass is 454 g/mol. The molecule has 0 radical (unpaired) electrons. The number of rotatable bonds is 6. The summed E-state index contributed by atoms with van der Waals surface area (Å²) in [6.45, 7) is 0.518. The van der Waals surface area contributed by atoms with Gasteiger partial charge in [-0.15, -0.1) is 10.2 Å². The standard InChI is InChI=1S/C22H19ClN4O3S/c1-30-18-9-7-17(8-10-18)27-13-15(12-20(27)29)21-25-26-22(31-21)24-19(28)11-4-14-2-5-16(23)6-3-14/h2-11,15H,12-13H2,1H3,(H,24,26,28)/b11-4+. The lowest BCUT2D eigenvalue weighted by Gasteiger charge is -2.16. The summed E-state index contributed by atoms with van der Waals surface area (Å²) in [5.41, 5.74) is 1.68. The van der Waals surface area contributed by atoms with E-state index >= 15 is 0 Å². The topological polar surface area (TPSA) is 84.4 Å². The van der Waals surface area contributed by atoms with Gasteiger partial charge >= 0.3 is 0 Å². The van der Waals surface area contributed by atoms with E-state index in [1.54, 1.807) is 30.2 Å². The fourth-order valence-electron chi connectivity index (χ4n) is 3.23. The van der Waals surface area contributed by atoms with Gasteiger partial charge in [0.05, 0.1) is 7.11 Å². The Morgan fingerprint density at radius 2 is 1.94 bits per heavy atom. The van der Waals surface area contributed by atoms with Gasteiger partial charge in [0.25, 0.3) is 0 Å². The molecule has 1 atom stereocenters. The molecule has 0 bridgehead atoms. The van der Waals surface area contributed by atoms with E-state index in [0.717, 1.165) is 22.0 Å². The molecule has 0 spiro atoms. The maximum absolute atomic E-state index is 12.5. The van der Waals surface area contributed by atoms with Gasteiger partial charge in [0.15, 0.2) is 0 Å². The highest BCUT2D eigenvalue weighted by Crippen LogP contribution is 2.34. The average Bonchev–Trinajstić information content (AvgIpc) is 3.40. The zero-order valence-electron chi connectivity index (χ0n) is 16.6. The molecule has 0 saturated carbocycles. The molecule has 1 N–H and O–H groups in total. The molecular weight excluding hydrogens is 436 g/mol. The molecule has 1 unspecified atom stereocenters. The molecule has 0 aliphatic carbocycles. The highest BCUT2D eigenvalue weighted by molar-refractivity contribution is 7.15. The molecule has 7 nitrogen and oxygen atoms in total. The largest absolute Gasteiger partial charge is 0.497 e. The van der Waals surface area contributed by atoms with Crippen molar-refractivity contribution in [1.82, 2.24) is 10.2 Å². The summed E-state index contributed by atoms with van der Waals surface area (Å²) in [6.07, 6.45) is 3.47. The van der Waals surface area contributed by atoms with Crippen molar-refractivity contribution in [2.45, 2.75) is 12.3 Å². The minimum atomic E-state index is -0.306. The first-order valence-corrected chi connectivity index (χ1v) is 10.7. The molecule has 3 aromatic rings. The SMILES string of the molecule is COc1ccc(N2CC(c3nnc(NC(=O)/C=C/c4ccc(Cl)cc4)s3)CC2=O)cc1. The summed E-state index contributed by atoms with van der Waals surface area (Å²) in [6, 6.07) is 14.5. The van der Waals surface area contributed by atoms with E-state index in [1.165, 1.54) is 17.4 Å². The number of halogens is 1. The van der Waals surface area contributed by atoms with Crippen molar-refractivity contribution in [2.24, 2.45) is 0 Å². The van der Waals surface area contributed by atoms with Crippen LogP contribution in [-0.2, 0) is 9.59 Å². The zero-order valence-corrected chi connectivity index (χ0v) is 18.2. The molecule has 1 aliphatic rings. The average molecular weight is 455 g/mol.